The highest BCUT2D eigenvalue weighted by Gasteiger charge is 2.21. The zero-order valence-electron chi connectivity index (χ0n) is 13.4. The molecule has 3 rings (SSSR count). The van der Waals surface area contributed by atoms with E-state index in [4.69, 9.17) is 0 Å². The van der Waals surface area contributed by atoms with Crippen LogP contribution in [-0.4, -0.2) is 53.3 Å². The van der Waals surface area contributed by atoms with Crippen LogP contribution >= 0.6 is 0 Å². The molecule has 0 unspecified atom stereocenters. The van der Waals surface area contributed by atoms with E-state index in [9.17, 15) is 9.59 Å². The predicted octanol–water partition coefficient (Wildman–Crippen LogP) is 1.61. The third-order valence-corrected chi connectivity index (χ3v) is 4.08. The summed E-state index contributed by atoms with van der Waals surface area (Å²) >= 11 is 0. The fourth-order valence-corrected chi connectivity index (χ4v) is 2.67. The van der Waals surface area contributed by atoms with Crippen LogP contribution in [0.3, 0.4) is 0 Å². The van der Waals surface area contributed by atoms with Gasteiger partial charge in [-0.05, 0) is 11.6 Å². The molecule has 2 amide bonds. The highest BCUT2D eigenvalue weighted by atomic mass is 16.2. The number of piperazine rings is 1. The molecule has 2 aromatic rings. The summed E-state index contributed by atoms with van der Waals surface area (Å²) in [4.78, 5) is 30.9. The first-order chi connectivity index (χ1) is 11.8. The second kappa shape index (κ2) is 7.59. The first-order valence-electron chi connectivity index (χ1n) is 7.98. The van der Waals surface area contributed by atoms with Gasteiger partial charge in [-0.25, -0.2) is 0 Å². The van der Waals surface area contributed by atoms with Gasteiger partial charge in [-0.1, -0.05) is 30.3 Å². The lowest BCUT2D eigenvalue weighted by molar-refractivity contribution is -0.119. The molecule has 1 aliphatic heterocycles. The maximum absolute atomic E-state index is 12.6. The molecule has 124 valence electrons. The van der Waals surface area contributed by atoms with Gasteiger partial charge in [-0.2, -0.15) is 0 Å². The summed E-state index contributed by atoms with van der Waals surface area (Å²) in [6.45, 7) is 2.94. The maximum atomic E-state index is 12.6. The van der Waals surface area contributed by atoms with Gasteiger partial charge in [0.15, 0.2) is 0 Å². The van der Waals surface area contributed by atoms with Crippen molar-refractivity contribution in [3.63, 3.8) is 0 Å². The standard InChI is InChI=1S/C18H20N4O2/c23-14-21-6-8-22(9-7-21)18(24)16-10-17(13-19-12-16)20-11-15-4-2-1-3-5-15/h1-5,10,12-14,20H,6-9,11H2. The Balaban J connectivity index is 1.62. The molecule has 1 N–H and O–H groups in total. The third kappa shape index (κ3) is 3.90. The lowest BCUT2D eigenvalue weighted by atomic mass is 10.2. The molecule has 6 heteroatoms. The van der Waals surface area contributed by atoms with Gasteiger partial charge >= 0.3 is 0 Å². The van der Waals surface area contributed by atoms with Crippen LogP contribution in [0.25, 0.3) is 0 Å². The smallest absolute Gasteiger partial charge is 0.255 e. The minimum atomic E-state index is -0.0450. The van der Waals surface area contributed by atoms with Crippen LogP contribution in [-0.2, 0) is 11.3 Å². The van der Waals surface area contributed by atoms with Gasteiger partial charge in [0, 0.05) is 45.1 Å². The molecule has 0 spiro atoms. The van der Waals surface area contributed by atoms with Gasteiger partial charge in [-0.3, -0.25) is 14.6 Å². The molecule has 0 atom stereocenters. The largest absolute Gasteiger partial charge is 0.380 e. The number of amides is 2. The maximum Gasteiger partial charge on any atom is 0.255 e. The lowest BCUT2D eigenvalue weighted by Crippen LogP contribution is -2.48. The van der Waals surface area contributed by atoms with Gasteiger partial charge < -0.3 is 15.1 Å². The number of hydrogen-bond acceptors (Lipinski definition) is 4. The fourth-order valence-electron chi connectivity index (χ4n) is 2.67. The molecule has 2 heterocycles. The molecule has 1 saturated heterocycles. The van der Waals surface area contributed by atoms with Gasteiger partial charge in [0.25, 0.3) is 5.91 Å². The molecular formula is C18H20N4O2. The van der Waals surface area contributed by atoms with E-state index >= 15 is 0 Å². The van der Waals surface area contributed by atoms with Crippen molar-refractivity contribution in [2.24, 2.45) is 0 Å². The number of nitrogens with one attached hydrogen (secondary N) is 1. The number of aromatic nitrogens is 1. The van der Waals surface area contributed by atoms with Crippen molar-refractivity contribution in [1.29, 1.82) is 0 Å². The zero-order chi connectivity index (χ0) is 16.8. The Morgan fingerprint density at radius 3 is 2.58 bits per heavy atom. The van der Waals surface area contributed by atoms with E-state index in [-0.39, 0.29) is 5.91 Å². The van der Waals surface area contributed by atoms with Crippen molar-refractivity contribution in [2.45, 2.75) is 6.54 Å². The van der Waals surface area contributed by atoms with Gasteiger partial charge in [0.2, 0.25) is 6.41 Å². The van der Waals surface area contributed by atoms with E-state index in [2.05, 4.69) is 10.3 Å². The number of nitrogens with zero attached hydrogens (tertiary/aromatic N) is 3. The number of benzene rings is 1. The van der Waals surface area contributed by atoms with Crippen LogP contribution < -0.4 is 5.32 Å². The van der Waals surface area contributed by atoms with Crippen molar-refractivity contribution in [1.82, 2.24) is 14.8 Å². The molecule has 0 saturated carbocycles. The van der Waals surface area contributed by atoms with Gasteiger partial charge in [0.1, 0.15) is 0 Å². The summed E-state index contributed by atoms with van der Waals surface area (Å²) in [5.74, 6) is -0.0450. The molecule has 0 aliphatic carbocycles. The van der Waals surface area contributed by atoms with Gasteiger partial charge in [-0.15, -0.1) is 0 Å². The Morgan fingerprint density at radius 1 is 1.12 bits per heavy atom. The molecule has 1 aliphatic rings. The summed E-state index contributed by atoms with van der Waals surface area (Å²) in [5.41, 5.74) is 2.54. The topological polar surface area (TPSA) is 65.5 Å². The van der Waals surface area contributed by atoms with Crippen LogP contribution in [0.5, 0.6) is 0 Å². The summed E-state index contributed by atoms with van der Waals surface area (Å²) in [5, 5.41) is 3.29. The number of carbonyl (C=O) groups is 2. The van der Waals surface area contributed by atoms with E-state index in [1.54, 1.807) is 22.2 Å². The van der Waals surface area contributed by atoms with E-state index in [0.717, 1.165) is 12.1 Å². The second-order valence-corrected chi connectivity index (χ2v) is 5.74. The van der Waals surface area contributed by atoms with Crippen molar-refractivity contribution < 1.29 is 9.59 Å². The molecule has 0 radical (unpaired) electrons. The Kier molecular flexibility index (Phi) is 5.05. The van der Waals surface area contributed by atoms with Crippen LogP contribution in [0, 0.1) is 0 Å². The van der Waals surface area contributed by atoms with Crippen LogP contribution in [0.1, 0.15) is 15.9 Å². The van der Waals surface area contributed by atoms with E-state index in [1.165, 1.54) is 5.56 Å². The zero-order valence-corrected chi connectivity index (χ0v) is 13.4. The van der Waals surface area contributed by atoms with Crippen molar-refractivity contribution >= 4 is 18.0 Å². The summed E-state index contributed by atoms with van der Waals surface area (Å²) < 4.78 is 0. The quantitative estimate of drug-likeness (QED) is 0.849. The Morgan fingerprint density at radius 2 is 1.88 bits per heavy atom. The molecule has 24 heavy (non-hydrogen) atoms. The number of hydrogen-bond donors (Lipinski definition) is 1. The fraction of sp³-hybridized carbons (Fsp3) is 0.278. The minimum Gasteiger partial charge on any atom is -0.380 e. The molecular weight excluding hydrogens is 304 g/mol. The first-order valence-corrected chi connectivity index (χ1v) is 7.98. The normalized spacial score (nSPS) is 14.3. The van der Waals surface area contributed by atoms with Gasteiger partial charge in [0.05, 0.1) is 11.3 Å². The number of anilines is 1. The minimum absolute atomic E-state index is 0.0450. The summed E-state index contributed by atoms with van der Waals surface area (Å²) in [6.07, 6.45) is 4.13. The molecule has 0 bridgehead atoms. The first kappa shape index (κ1) is 16.0. The molecule has 1 fully saturated rings. The van der Waals surface area contributed by atoms with Crippen LogP contribution in [0.2, 0.25) is 0 Å². The molecule has 6 nitrogen and oxygen atoms in total. The second-order valence-electron chi connectivity index (χ2n) is 5.74. The number of rotatable bonds is 5. The highest BCUT2D eigenvalue weighted by Crippen LogP contribution is 2.13. The van der Waals surface area contributed by atoms with E-state index < -0.39 is 0 Å². The Hall–Kier alpha value is -2.89. The van der Waals surface area contributed by atoms with E-state index in [0.29, 0.717) is 38.3 Å². The summed E-state index contributed by atoms with van der Waals surface area (Å²) in [6, 6.07) is 11.9. The van der Waals surface area contributed by atoms with E-state index in [1.807, 2.05) is 36.4 Å². The third-order valence-electron chi connectivity index (χ3n) is 4.08. The SMILES string of the molecule is O=CN1CCN(C(=O)c2cncc(NCc3ccccc3)c2)CC1. The monoisotopic (exact) mass is 324 g/mol. The van der Waals surface area contributed by atoms with Crippen LogP contribution in [0.4, 0.5) is 5.69 Å². The van der Waals surface area contributed by atoms with Crippen molar-refractivity contribution in [2.75, 3.05) is 31.5 Å². The number of carbonyl (C=O) groups excluding carboxylic acids is 2. The van der Waals surface area contributed by atoms with Crippen molar-refractivity contribution in [3.8, 4) is 0 Å². The average molecular weight is 324 g/mol. The molecule has 1 aromatic heterocycles. The predicted molar refractivity (Wildman–Crippen MR) is 91.5 cm³/mol. The molecule has 1 aromatic carbocycles. The number of pyridine rings is 1. The Bertz CT molecular complexity index is 697. The summed E-state index contributed by atoms with van der Waals surface area (Å²) in [7, 11) is 0. The lowest BCUT2D eigenvalue weighted by Gasteiger charge is -2.32. The Labute approximate surface area is 141 Å². The van der Waals surface area contributed by atoms with Crippen molar-refractivity contribution in [3.05, 3.63) is 59.9 Å². The highest BCUT2D eigenvalue weighted by molar-refractivity contribution is 5.94. The average Bonchev–Trinajstić information content (AvgIpc) is 2.67. The van der Waals surface area contributed by atoms with Crippen LogP contribution in [0.15, 0.2) is 48.8 Å².